The smallest absolute Gasteiger partial charge is 0.328 e. The first-order valence-corrected chi connectivity index (χ1v) is 6.32. The van der Waals surface area contributed by atoms with Crippen molar-refractivity contribution in [2.75, 3.05) is 6.61 Å². The van der Waals surface area contributed by atoms with E-state index in [0.29, 0.717) is 5.56 Å². The van der Waals surface area contributed by atoms with Gasteiger partial charge in [-0.05, 0) is 24.5 Å². The van der Waals surface area contributed by atoms with Crippen LogP contribution in [0.2, 0.25) is 0 Å². The van der Waals surface area contributed by atoms with E-state index >= 15 is 0 Å². The molecule has 0 aliphatic carbocycles. The first-order valence-electron chi connectivity index (χ1n) is 6.32. The van der Waals surface area contributed by atoms with Crippen LogP contribution in [0.25, 0.3) is 0 Å². The van der Waals surface area contributed by atoms with Gasteiger partial charge in [0.2, 0.25) is 0 Å². The minimum absolute atomic E-state index is 0.465. The number of amides is 1. The minimum Gasteiger partial charge on any atom is -0.480 e. The summed E-state index contributed by atoms with van der Waals surface area (Å²) < 4.78 is 0. The van der Waals surface area contributed by atoms with Crippen molar-refractivity contribution >= 4 is 11.9 Å². The number of carboxylic acid groups (broad SMARTS) is 1. The Morgan fingerprint density at radius 1 is 1.32 bits per heavy atom. The highest BCUT2D eigenvalue weighted by molar-refractivity contribution is 5.97. The fourth-order valence-electron chi connectivity index (χ4n) is 1.75. The van der Waals surface area contributed by atoms with E-state index in [9.17, 15) is 9.59 Å². The van der Waals surface area contributed by atoms with Gasteiger partial charge in [0, 0.05) is 5.56 Å². The third-order valence-corrected chi connectivity index (χ3v) is 2.85. The second-order valence-corrected chi connectivity index (χ2v) is 4.31. The van der Waals surface area contributed by atoms with Crippen molar-refractivity contribution in [3.8, 4) is 0 Å². The van der Waals surface area contributed by atoms with E-state index in [-0.39, 0.29) is 0 Å². The summed E-state index contributed by atoms with van der Waals surface area (Å²) in [6.45, 7) is 1.44. The molecule has 1 rings (SSSR count). The first-order chi connectivity index (χ1) is 9.10. The topological polar surface area (TPSA) is 86.6 Å². The molecule has 0 aliphatic rings. The summed E-state index contributed by atoms with van der Waals surface area (Å²) in [6, 6.07) is 5.84. The van der Waals surface area contributed by atoms with E-state index in [4.69, 9.17) is 10.2 Å². The summed E-state index contributed by atoms with van der Waals surface area (Å²) in [6.07, 6.45) is 2.76. The van der Waals surface area contributed by atoms with Crippen LogP contribution in [-0.2, 0) is 11.2 Å². The van der Waals surface area contributed by atoms with Gasteiger partial charge in [-0.2, -0.15) is 0 Å². The molecule has 1 atom stereocenters. The lowest BCUT2D eigenvalue weighted by Crippen LogP contribution is -2.43. The quantitative estimate of drug-likeness (QED) is 0.691. The molecule has 1 aromatic carbocycles. The lowest BCUT2D eigenvalue weighted by Gasteiger charge is -2.14. The van der Waals surface area contributed by atoms with E-state index in [1.165, 1.54) is 0 Å². The van der Waals surface area contributed by atoms with Crippen LogP contribution in [0.15, 0.2) is 24.3 Å². The Balaban J connectivity index is 2.83. The van der Waals surface area contributed by atoms with Crippen LogP contribution >= 0.6 is 0 Å². The van der Waals surface area contributed by atoms with Crippen molar-refractivity contribution in [3.63, 3.8) is 0 Å². The zero-order valence-electron chi connectivity index (χ0n) is 10.9. The highest BCUT2D eigenvalue weighted by atomic mass is 16.4. The summed E-state index contributed by atoms with van der Waals surface area (Å²) >= 11 is 0. The first kappa shape index (κ1) is 15.2. The maximum atomic E-state index is 12.0. The number of aryl methyl sites for hydroxylation is 1. The molecule has 1 amide bonds. The molecule has 0 spiro atoms. The molecule has 3 N–H and O–H groups in total. The molecular weight excluding hydrogens is 246 g/mol. The van der Waals surface area contributed by atoms with E-state index < -0.39 is 24.5 Å². The van der Waals surface area contributed by atoms with E-state index in [2.05, 4.69) is 12.2 Å². The van der Waals surface area contributed by atoms with Gasteiger partial charge in [-0.15, -0.1) is 0 Å². The maximum absolute atomic E-state index is 12.0. The van der Waals surface area contributed by atoms with Crippen molar-refractivity contribution in [2.24, 2.45) is 0 Å². The van der Waals surface area contributed by atoms with Gasteiger partial charge < -0.3 is 15.5 Å². The van der Waals surface area contributed by atoms with Gasteiger partial charge in [-0.25, -0.2) is 4.79 Å². The Bertz CT molecular complexity index is 445. The van der Waals surface area contributed by atoms with Crippen LogP contribution in [0.1, 0.15) is 35.7 Å². The largest absolute Gasteiger partial charge is 0.480 e. The van der Waals surface area contributed by atoms with Gasteiger partial charge in [0.15, 0.2) is 6.04 Å². The van der Waals surface area contributed by atoms with Gasteiger partial charge in [-0.3, -0.25) is 4.79 Å². The number of carboxylic acids is 1. The van der Waals surface area contributed by atoms with Crippen molar-refractivity contribution in [3.05, 3.63) is 35.4 Å². The minimum atomic E-state index is -1.27. The Morgan fingerprint density at radius 2 is 2.00 bits per heavy atom. The molecule has 19 heavy (non-hydrogen) atoms. The van der Waals surface area contributed by atoms with Crippen LogP contribution in [0.4, 0.5) is 0 Å². The Labute approximate surface area is 112 Å². The number of hydrogen-bond donors (Lipinski definition) is 3. The third kappa shape index (κ3) is 4.37. The molecule has 0 aliphatic heterocycles. The SMILES string of the molecule is CCCCc1ccccc1C(=O)N[C@@H](CO)C(=O)O. The molecule has 0 heterocycles. The van der Waals surface area contributed by atoms with Crippen LogP contribution in [0.3, 0.4) is 0 Å². The van der Waals surface area contributed by atoms with Gasteiger partial charge >= 0.3 is 5.97 Å². The zero-order valence-corrected chi connectivity index (χ0v) is 10.9. The van der Waals surface area contributed by atoms with Gasteiger partial charge in [0.05, 0.1) is 6.61 Å². The molecule has 0 radical (unpaired) electrons. The summed E-state index contributed by atoms with van der Waals surface area (Å²) in [5, 5.41) is 20.0. The molecule has 0 unspecified atom stereocenters. The van der Waals surface area contributed by atoms with Gasteiger partial charge in [0.25, 0.3) is 5.91 Å². The number of rotatable bonds is 7. The summed E-state index contributed by atoms with van der Waals surface area (Å²) in [5.74, 6) is -1.71. The van der Waals surface area contributed by atoms with Crippen molar-refractivity contribution < 1.29 is 19.8 Å². The van der Waals surface area contributed by atoms with Crippen molar-refractivity contribution in [1.82, 2.24) is 5.32 Å². The lowest BCUT2D eigenvalue weighted by molar-refractivity contribution is -0.140. The summed E-state index contributed by atoms with van der Waals surface area (Å²) in [4.78, 5) is 22.8. The average molecular weight is 265 g/mol. The number of benzene rings is 1. The van der Waals surface area contributed by atoms with Crippen LogP contribution in [0.5, 0.6) is 0 Å². The second-order valence-electron chi connectivity index (χ2n) is 4.31. The number of aliphatic hydroxyl groups is 1. The highest BCUT2D eigenvalue weighted by Gasteiger charge is 2.20. The zero-order chi connectivity index (χ0) is 14.3. The standard InChI is InChI=1S/C14H19NO4/c1-2-3-6-10-7-4-5-8-11(10)13(17)15-12(9-16)14(18)19/h4-5,7-8,12,16H,2-3,6,9H2,1H3,(H,15,17)(H,18,19)/t12-/m0/s1. The molecule has 0 aromatic heterocycles. The monoisotopic (exact) mass is 265 g/mol. The fourth-order valence-corrected chi connectivity index (χ4v) is 1.75. The van der Waals surface area contributed by atoms with E-state index in [0.717, 1.165) is 24.8 Å². The average Bonchev–Trinajstić information content (AvgIpc) is 2.42. The summed E-state index contributed by atoms with van der Waals surface area (Å²) in [5.41, 5.74) is 1.36. The maximum Gasteiger partial charge on any atom is 0.328 e. The number of carbonyl (C=O) groups excluding carboxylic acids is 1. The predicted octanol–water partition coefficient (Wildman–Crippen LogP) is 1.20. The number of unbranched alkanes of at least 4 members (excludes halogenated alkanes) is 1. The molecule has 5 nitrogen and oxygen atoms in total. The van der Waals surface area contributed by atoms with Crippen molar-refractivity contribution in [1.29, 1.82) is 0 Å². The van der Waals surface area contributed by atoms with E-state index in [1.807, 2.05) is 12.1 Å². The number of aliphatic hydroxyl groups excluding tert-OH is 1. The molecule has 0 saturated heterocycles. The van der Waals surface area contributed by atoms with Crippen LogP contribution < -0.4 is 5.32 Å². The molecule has 1 aromatic rings. The number of nitrogens with one attached hydrogen (secondary N) is 1. The second kappa shape index (κ2) is 7.53. The highest BCUT2D eigenvalue weighted by Crippen LogP contribution is 2.12. The van der Waals surface area contributed by atoms with Gasteiger partial charge in [0.1, 0.15) is 0 Å². The number of aliphatic carboxylic acids is 1. The normalized spacial score (nSPS) is 11.9. The molecule has 0 bridgehead atoms. The molecular formula is C14H19NO4. The van der Waals surface area contributed by atoms with Crippen LogP contribution in [0, 0.1) is 0 Å². The third-order valence-electron chi connectivity index (χ3n) is 2.85. The summed E-state index contributed by atoms with van der Waals surface area (Å²) in [7, 11) is 0. The molecule has 5 heteroatoms. The Kier molecular flexibility index (Phi) is 6.02. The number of hydrogen-bond acceptors (Lipinski definition) is 3. The predicted molar refractivity (Wildman–Crippen MR) is 71.0 cm³/mol. The van der Waals surface area contributed by atoms with Gasteiger partial charge in [-0.1, -0.05) is 31.5 Å². The molecule has 0 fully saturated rings. The fraction of sp³-hybridized carbons (Fsp3) is 0.429. The Morgan fingerprint density at radius 3 is 2.58 bits per heavy atom. The molecule has 104 valence electrons. The van der Waals surface area contributed by atoms with E-state index in [1.54, 1.807) is 12.1 Å². The Hall–Kier alpha value is -1.88. The van der Waals surface area contributed by atoms with Crippen molar-refractivity contribution in [2.45, 2.75) is 32.2 Å². The molecule has 0 saturated carbocycles. The van der Waals surface area contributed by atoms with Crippen LogP contribution in [-0.4, -0.2) is 34.7 Å². The lowest BCUT2D eigenvalue weighted by atomic mass is 10.0. The number of carbonyl (C=O) groups is 2.